The molecule has 22 heavy (non-hydrogen) atoms. The highest BCUT2D eigenvalue weighted by atomic mass is 16.2. The predicted molar refractivity (Wildman–Crippen MR) is 87.2 cm³/mol. The fourth-order valence-electron chi connectivity index (χ4n) is 3.76. The molecule has 5 heteroatoms. The molecule has 126 valence electrons. The van der Waals surface area contributed by atoms with Crippen molar-refractivity contribution in [3.63, 3.8) is 0 Å². The molecule has 1 aliphatic heterocycles. The topological polar surface area (TPSA) is 75.4 Å². The lowest BCUT2D eigenvalue weighted by atomic mass is 9.98. The van der Waals surface area contributed by atoms with E-state index in [0.29, 0.717) is 25.9 Å². The zero-order valence-corrected chi connectivity index (χ0v) is 13.7. The van der Waals surface area contributed by atoms with Crippen molar-refractivity contribution in [1.82, 2.24) is 10.2 Å². The van der Waals surface area contributed by atoms with E-state index >= 15 is 0 Å². The van der Waals surface area contributed by atoms with Crippen molar-refractivity contribution < 1.29 is 9.59 Å². The van der Waals surface area contributed by atoms with Gasteiger partial charge in [0.1, 0.15) is 0 Å². The average Bonchev–Trinajstić information content (AvgIpc) is 3.04. The van der Waals surface area contributed by atoms with Crippen LogP contribution in [0.3, 0.4) is 0 Å². The summed E-state index contributed by atoms with van der Waals surface area (Å²) in [5.74, 6) is 1.03. The van der Waals surface area contributed by atoms with E-state index in [2.05, 4.69) is 5.32 Å². The van der Waals surface area contributed by atoms with Gasteiger partial charge < -0.3 is 16.0 Å². The lowest BCUT2D eigenvalue weighted by Gasteiger charge is -2.36. The third-order valence-corrected chi connectivity index (χ3v) is 5.09. The summed E-state index contributed by atoms with van der Waals surface area (Å²) in [6.45, 7) is 1.80. The minimum Gasteiger partial charge on any atom is -0.354 e. The molecule has 0 aromatic heterocycles. The molecule has 1 saturated carbocycles. The van der Waals surface area contributed by atoms with Crippen LogP contribution in [0.2, 0.25) is 0 Å². The number of nitrogens with zero attached hydrogens (tertiary/aromatic N) is 1. The summed E-state index contributed by atoms with van der Waals surface area (Å²) < 4.78 is 0. The predicted octanol–water partition coefficient (Wildman–Crippen LogP) is 1.80. The highest BCUT2D eigenvalue weighted by Crippen LogP contribution is 2.29. The molecular formula is C17H31N3O2. The third kappa shape index (κ3) is 5.27. The van der Waals surface area contributed by atoms with Gasteiger partial charge in [0.2, 0.25) is 11.8 Å². The normalized spacial score (nSPS) is 22.8. The van der Waals surface area contributed by atoms with Gasteiger partial charge in [0.25, 0.3) is 0 Å². The molecule has 5 nitrogen and oxygen atoms in total. The maximum atomic E-state index is 12.5. The smallest absolute Gasteiger partial charge is 0.222 e. The number of nitrogens with two attached hydrogens (primary N) is 1. The van der Waals surface area contributed by atoms with Gasteiger partial charge in [0.05, 0.1) is 0 Å². The molecule has 1 atom stereocenters. The summed E-state index contributed by atoms with van der Waals surface area (Å²) in [7, 11) is 0. The summed E-state index contributed by atoms with van der Waals surface area (Å²) in [4.78, 5) is 26.1. The van der Waals surface area contributed by atoms with E-state index in [1.165, 1.54) is 25.7 Å². The molecule has 2 rings (SSSR count). The van der Waals surface area contributed by atoms with Gasteiger partial charge in [-0.2, -0.15) is 0 Å². The molecule has 0 spiro atoms. The van der Waals surface area contributed by atoms with Gasteiger partial charge in [-0.25, -0.2) is 0 Å². The highest BCUT2D eigenvalue weighted by Gasteiger charge is 2.27. The van der Waals surface area contributed by atoms with E-state index in [-0.39, 0.29) is 17.9 Å². The van der Waals surface area contributed by atoms with Crippen molar-refractivity contribution in [3.8, 4) is 0 Å². The SMILES string of the molecule is NCCC(=O)NCC1CCCCN1C(=O)CCC1CCCC1. The number of carbonyl (C=O) groups is 2. The van der Waals surface area contributed by atoms with E-state index in [9.17, 15) is 9.59 Å². The third-order valence-electron chi connectivity index (χ3n) is 5.09. The van der Waals surface area contributed by atoms with Crippen molar-refractivity contribution in [2.75, 3.05) is 19.6 Å². The molecule has 2 aliphatic rings. The number of hydrogen-bond donors (Lipinski definition) is 2. The zero-order valence-electron chi connectivity index (χ0n) is 13.7. The van der Waals surface area contributed by atoms with Crippen molar-refractivity contribution in [1.29, 1.82) is 0 Å². The van der Waals surface area contributed by atoms with Crippen LogP contribution in [0.5, 0.6) is 0 Å². The molecule has 1 aliphatic carbocycles. The quantitative estimate of drug-likeness (QED) is 0.753. The maximum Gasteiger partial charge on any atom is 0.222 e. The number of piperidine rings is 1. The van der Waals surface area contributed by atoms with Crippen LogP contribution in [-0.2, 0) is 9.59 Å². The molecule has 2 fully saturated rings. The van der Waals surface area contributed by atoms with Crippen LogP contribution < -0.4 is 11.1 Å². The molecule has 0 aromatic rings. The number of amides is 2. The van der Waals surface area contributed by atoms with Gasteiger partial charge >= 0.3 is 0 Å². The Balaban J connectivity index is 1.77. The molecular weight excluding hydrogens is 278 g/mol. The fourth-order valence-corrected chi connectivity index (χ4v) is 3.76. The minimum atomic E-state index is -0.00794. The molecule has 3 N–H and O–H groups in total. The molecule has 0 radical (unpaired) electrons. The standard InChI is InChI=1S/C17H31N3O2/c18-11-10-16(21)19-13-15-7-3-4-12-20(15)17(22)9-8-14-5-1-2-6-14/h14-15H,1-13,18H2,(H,19,21). The molecule has 1 unspecified atom stereocenters. The Bertz CT molecular complexity index is 367. The lowest BCUT2D eigenvalue weighted by molar-refractivity contribution is -0.135. The van der Waals surface area contributed by atoms with Crippen LogP contribution in [0, 0.1) is 5.92 Å². The summed E-state index contributed by atoms with van der Waals surface area (Å²) in [5, 5.41) is 2.92. The second-order valence-electron chi connectivity index (χ2n) is 6.77. The van der Waals surface area contributed by atoms with Crippen LogP contribution in [0.4, 0.5) is 0 Å². The Kier molecular flexibility index (Phi) is 7.16. The summed E-state index contributed by atoms with van der Waals surface area (Å²) >= 11 is 0. The summed E-state index contributed by atoms with van der Waals surface area (Å²) in [6.07, 6.45) is 10.6. The average molecular weight is 309 g/mol. The van der Waals surface area contributed by atoms with Crippen molar-refractivity contribution >= 4 is 11.8 Å². The first-order valence-electron chi connectivity index (χ1n) is 8.97. The lowest BCUT2D eigenvalue weighted by Crippen LogP contribution is -2.49. The van der Waals surface area contributed by atoms with Gasteiger partial charge in [-0.3, -0.25) is 9.59 Å². The zero-order chi connectivity index (χ0) is 15.8. The van der Waals surface area contributed by atoms with E-state index in [0.717, 1.165) is 38.1 Å². The second-order valence-corrected chi connectivity index (χ2v) is 6.77. The number of hydrogen-bond acceptors (Lipinski definition) is 3. The summed E-state index contributed by atoms with van der Waals surface area (Å²) in [6, 6.07) is 0.173. The Morgan fingerprint density at radius 3 is 2.50 bits per heavy atom. The maximum absolute atomic E-state index is 12.5. The van der Waals surface area contributed by atoms with Crippen LogP contribution in [0.1, 0.15) is 64.2 Å². The first kappa shape index (κ1) is 17.3. The van der Waals surface area contributed by atoms with Crippen molar-refractivity contribution in [2.24, 2.45) is 11.7 Å². The highest BCUT2D eigenvalue weighted by molar-refractivity contribution is 5.77. The Morgan fingerprint density at radius 2 is 1.77 bits per heavy atom. The van der Waals surface area contributed by atoms with E-state index in [1.807, 2.05) is 4.90 Å². The minimum absolute atomic E-state index is 0.00794. The van der Waals surface area contributed by atoms with Crippen molar-refractivity contribution in [3.05, 3.63) is 0 Å². The molecule has 0 bridgehead atoms. The monoisotopic (exact) mass is 309 g/mol. The Labute approximate surface area is 134 Å². The van der Waals surface area contributed by atoms with Crippen molar-refractivity contribution in [2.45, 2.75) is 70.3 Å². The number of carbonyl (C=O) groups excluding carboxylic acids is 2. The van der Waals surface area contributed by atoms with Crippen LogP contribution in [0.25, 0.3) is 0 Å². The Hall–Kier alpha value is -1.10. The van der Waals surface area contributed by atoms with Crippen LogP contribution >= 0.6 is 0 Å². The fraction of sp³-hybridized carbons (Fsp3) is 0.882. The first-order valence-corrected chi connectivity index (χ1v) is 8.97. The van der Waals surface area contributed by atoms with E-state index in [1.54, 1.807) is 0 Å². The van der Waals surface area contributed by atoms with Gasteiger partial charge in [-0.1, -0.05) is 25.7 Å². The summed E-state index contributed by atoms with van der Waals surface area (Å²) in [5.41, 5.74) is 5.39. The first-order chi connectivity index (χ1) is 10.7. The molecule has 0 aromatic carbocycles. The van der Waals surface area contributed by atoms with Gasteiger partial charge in [-0.05, 0) is 31.6 Å². The van der Waals surface area contributed by atoms with Gasteiger partial charge in [-0.15, -0.1) is 0 Å². The Morgan fingerprint density at radius 1 is 1.05 bits per heavy atom. The number of likely N-dealkylation sites (tertiary alicyclic amines) is 1. The van der Waals surface area contributed by atoms with E-state index in [4.69, 9.17) is 5.73 Å². The van der Waals surface area contributed by atoms with E-state index < -0.39 is 0 Å². The van der Waals surface area contributed by atoms with Gasteiger partial charge in [0.15, 0.2) is 0 Å². The molecule has 2 amide bonds. The molecule has 1 heterocycles. The number of rotatable bonds is 7. The van der Waals surface area contributed by atoms with Crippen LogP contribution in [-0.4, -0.2) is 42.4 Å². The largest absolute Gasteiger partial charge is 0.354 e. The van der Waals surface area contributed by atoms with Gasteiger partial charge in [0, 0.05) is 38.5 Å². The molecule has 1 saturated heterocycles. The van der Waals surface area contributed by atoms with Crippen LogP contribution in [0.15, 0.2) is 0 Å². The number of nitrogens with one attached hydrogen (secondary N) is 1. The second kappa shape index (κ2) is 9.13.